The predicted octanol–water partition coefficient (Wildman–Crippen LogP) is 1.60. The Labute approximate surface area is 101 Å². The second-order valence-electron chi connectivity index (χ2n) is 3.43. The molecule has 0 aromatic heterocycles. The van der Waals surface area contributed by atoms with Gasteiger partial charge in [0.15, 0.2) is 0 Å². The van der Waals surface area contributed by atoms with E-state index < -0.39 is 15.8 Å². The topological polar surface area (TPSA) is 63.4 Å². The largest absolute Gasteiger partial charge is 0.396 e. The van der Waals surface area contributed by atoms with Gasteiger partial charge in [-0.3, -0.25) is 0 Å². The zero-order valence-electron chi connectivity index (χ0n) is 9.56. The van der Waals surface area contributed by atoms with Gasteiger partial charge in [0.05, 0.1) is 10.6 Å². The maximum Gasteiger partial charge on any atom is 0.243 e. The second kappa shape index (κ2) is 5.29. The summed E-state index contributed by atoms with van der Waals surface area (Å²) in [5.41, 5.74) is 5.23. The number of hydrogen-bond acceptors (Lipinski definition) is 3. The van der Waals surface area contributed by atoms with Gasteiger partial charge in [-0.1, -0.05) is 13.0 Å². The monoisotopic (exact) mass is 258 g/mol. The lowest BCUT2D eigenvalue weighted by Gasteiger charge is -2.18. The summed E-state index contributed by atoms with van der Waals surface area (Å²) in [6, 6.07) is 3.46. The molecule has 17 heavy (non-hydrogen) atoms. The lowest BCUT2D eigenvalue weighted by Crippen LogP contribution is -2.31. The molecule has 0 saturated carbocycles. The molecule has 2 N–H and O–H groups in total. The highest BCUT2D eigenvalue weighted by atomic mass is 32.2. The van der Waals surface area contributed by atoms with E-state index in [9.17, 15) is 12.8 Å². The minimum Gasteiger partial charge on any atom is -0.396 e. The van der Waals surface area contributed by atoms with Crippen LogP contribution in [-0.2, 0) is 10.0 Å². The third kappa shape index (κ3) is 2.83. The van der Waals surface area contributed by atoms with Gasteiger partial charge in [-0.25, -0.2) is 12.8 Å². The highest BCUT2D eigenvalue weighted by molar-refractivity contribution is 7.89. The van der Waals surface area contributed by atoms with Crippen molar-refractivity contribution in [3.05, 3.63) is 36.7 Å². The van der Waals surface area contributed by atoms with E-state index in [1.165, 1.54) is 22.5 Å². The number of hydrogen-bond donors (Lipinski definition) is 1. The molecule has 1 aromatic rings. The first-order chi connectivity index (χ1) is 7.93. The Morgan fingerprint density at radius 1 is 1.53 bits per heavy atom. The summed E-state index contributed by atoms with van der Waals surface area (Å²) >= 11 is 0. The smallest absolute Gasteiger partial charge is 0.243 e. The van der Waals surface area contributed by atoms with E-state index in [-0.39, 0.29) is 17.1 Å². The summed E-state index contributed by atoms with van der Waals surface area (Å²) in [6.45, 7) is 5.67. The zero-order valence-corrected chi connectivity index (χ0v) is 10.4. The fraction of sp³-hybridized carbons (Fsp3) is 0.273. The molecular weight excluding hydrogens is 243 g/mol. The van der Waals surface area contributed by atoms with Gasteiger partial charge in [0.1, 0.15) is 5.82 Å². The van der Waals surface area contributed by atoms with Gasteiger partial charge in [-0.2, -0.15) is 4.31 Å². The molecule has 0 saturated heterocycles. The normalized spacial score (nSPS) is 11.7. The van der Waals surface area contributed by atoms with E-state index in [2.05, 4.69) is 6.58 Å². The maximum absolute atomic E-state index is 13.2. The van der Waals surface area contributed by atoms with Crippen molar-refractivity contribution < 1.29 is 12.8 Å². The third-order valence-electron chi connectivity index (χ3n) is 2.30. The number of halogens is 1. The van der Waals surface area contributed by atoms with Crippen molar-refractivity contribution >= 4 is 15.7 Å². The molecule has 0 aliphatic heterocycles. The van der Waals surface area contributed by atoms with Gasteiger partial charge >= 0.3 is 0 Å². The molecule has 0 fully saturated rings. The van der Waals surface area contributed by atoms with Crippen LogP contribution in [0.4, 0.5) is 10.1 Å². The van der Waals surface area contributed by atoms with Crippen molar-refractivity contribution in [2.24, 2.45) is 0 Å². The van der Waals surface area contributed by atoms with Crippen LogP contribution in [0.3, 0.4) is 0 Å². The average molecular weight is 258 g/mol. The number of anilines is 1. The van der Waals surface area contributed by atoms with Gasteiger partial charge in [0.25, 0.3) is 0 Å². The number of nitrogens with two attached hydrogens (primary N) is 1. The first-order valence-corrected chi connectivity index (χ1v) is 6.53. The van der Waals surface area contributed by atoms with Crippen LogP contribution in [-0.4, -0.2) is 25.8 Å². The van der Waals surface area contributed by atoms with Crippen LogP contribution < -0.4 is 5.73 Å². The van der Waals surface area contributed by atoms with Gasteiger partial charge in [0, 0.05) is 13.1 Å². The molecular formula is C11H15FN2O2S. The van der Waals surface area contributed by atoms with Crippen LogP contribution in [0, 0.1) is 5.82 Å². The molecule has 1 rings (SSSR count). The van der Waals surface area contributed by atoms with Crippen molar-refractivity contribution in [1.29, 1.82) is 0 Å². The van der Waals surface area contributed by atoms with Crippen LogP contribution in [0.25, 0.3) is 0 Å². The summed E-state index contributed by atoms with van der Waals surface area (Å²) in [4.78, 5) is -0.104. The van der Waals surface area contributed by atoms with Crippen LogP contribution >= 0.6 is 0 Å². The highest BCUT2D eigenvalue weighted by Gasteiger charge is 2.22. The average Bonchev–Trinajstić information content (AvgIpc) is 2.29. The Morgan fingerprint density at radius 2 is 2.18 bits per heavy atom. The zero-order chi connectivity index (χ0) is 13.1. The molecule has 0 heterocycles. The number of benzene rings is 1. The van der Waals surface area contributed by atoms with Gasteiger partial charge in [0.2, 0.25) is 10.0 Å². The van der Waals surface area contributed by atoms with Crippen molar-refractivity contribution in [1.82, 2.24) is 4.31 Å². The van der Waals surface area contributed by atoms with Crippen molar-refractivity contribution in [3.63, 3.8) is 0 Å². The second-order valence-corrected chi connectivity index (χ2v) is 5.37. The SMILES string of the molecule is C=CCN(CC)S(=O)(=O)c1ccc(N)c(F)c1. The Morgan fingerprint density at radius 3 is 2.65 bits per heavy atom. The van der Waals surface area contributed by atoms with E-state index in [4.69, 9.17) is 5.73 Å². The summed E-state index contributed by atoms with van der Waals surface area (Å²) < 4.78 is 38.6. The van der Waals surface area contributed by atoms with E-state index >= 15 is 0 Å². The fourth-order valence-electron chi connectivity index (χ4n) is 1.36. The lowest BCUT2D eigenvalue weighted by molar-refractivity contribution is 0.459. The van der Waals surface area contributed by atoms with Crippen molar-refractivity contribution in [2.45, 2.75) is 11.8 Å². The third-order valence-corrected chi connectivity index (χ3v) is 4.23. The molecule has 0 unspecified atom stereocenters. The van der Waals surface area contributed by atoms with E-state index in [0.29, 0.717) is 6.54 Å². The Kier molecular flexibility index (Phi) is 4.25. The number of nitrogens with zero attached hydrogens (tertiary/aromatic N) is 1. The Hall–Kier alpha value is -1.40. The van der Waals surface area contributed by atoms with E-state index in [1.807, 2.05) is 0 Å². The van der Waals surface area contributed by atoms with E-state index in [1.54, 1.807) is 6.92 Å². The minimum atomic E-state index is -3.69. The summed E-state index contributed by atoms with van der Waals surface area (Å²) in [5, 5.41) is 0. The van der Waals surface area contributed by atoms with Crippen LogP contribution in [0.15, 0.2) is 35.7 Å². The summed E-state index contributed by atoms with van der Waals surface area (Å²) in [5.74, 6) is -0.735. The summed E-state index contributed by atoms with van der Waals surface area (Å²) in [7, 11) is -3.69. The number of likely N-dealkylation sites (N-methyl/N-ethyl adjacent to an activating group) is 1. The number of sulfonamides is 1. The molecule has 0 aliphatic carbocycles. The van der Waals surface area contributed by atoms with Crippen LogP contribution in [0.2, 0.25) is 0 Å². The van der Waals surface area contributed by atoms with Crippen LogP contribution in [0.1, 0.15) is 6.92 Å². The summed E-state index contributed by atoms with van der Waals surface area (Å²) in [6.07, 6.45) is 1.48. The standard InChI is InChI=1S/C11H15FN2O2S/c1-3-7-14(4-2)17(15,16)9-5-6-11(13)10(12)8-9/h3,5-6,8H,1,4,7,13H2,2H3. The molecule has 0 amide bonds. The highest BCUT2D eigenvalue weighted by Crippen LogP contribution is 2.19. The molecule has 0 aliphatic rings. The van der Waals surface area contributed by atoms with Crippen molar-refractivity contribution in [3.8, 4) is 0 Å². The van der Waals surface area contributed by atoms with Crippen molar-refractivity contribution in [2.75, 3.05) is 18.8 Å². The first kappa shape index (κ1) is 13.7. The quantitative estimate of drug-likeness (QED) is 0.644. The van der Waals surface area contributed by atoms with Gasteiger partial charge in [-0.05, 0) is 18.2 Å². The lowest BCUT2D eigenvalue weighted by atomic mass is 10.3. The predicted molar refractivity (Wildman–Crippen MR) is 65.4 cm³/mol. The first-order valence-electron chi connectivity index (χ1n) is 5.09. The maximum atomic E-state index is 13.2. The van der Waals surface area contributed by atoms with E-state index in [0.717, 1.165) is 6.07 Å². The molecule has 1 aromatic carbocycles. The molecule has 0 radical (unpaired) electrons. The molecule has 6 heteroatoms. The molecule has 0 bridgehead atoms. The Bertz CT molecular complexity index is 514. The number of nitrogen functional groups attached to an aromatic ring is 1. The fourth-order valence-corrected chi connectivity index (χ4v) is 2.79. The Balaban J connectivity index is 3.20. The minimum absolute atomic E-state index is 0.0734. The molecule has 94 valence electrons. The van der Waals surface area contributed by atoms with Gasteiger partial charge < -0.3 is 5.73 Å². The molecule has 4 nitrogen and oxygen atoms in total. The van der Waals surface area contributed by atoms with Crippen LogP contribution in [0.5, 0.6) is 0 Å². The van der Waals surface area contributed by atoms with Gasteiger partial charge in [-0.15, -0.1) is 6.58 Å². The number of rotatable bonds is 5. The molecule has 0 atom stereocenters. The molecule has 0 spiro atoms.